The number of amides is 3. The molecular formula is C23H34N6O5. The first kappa shape index (κ1) is 25.3. The maximum atomic E-state index is 12.8. The molecule has 186 valence electrons. The molecule has 3 N–H and O–H groups in total. The lowest BCUT2D eigenvalue weighted by atomic mass is 9.93. The molecule has 3 amide bonds. The first-order chi connectivity index (χ1) is 15.7. The first-order valence-electron chi connectivity index (χ1n) is 11.4. The van der Waals surface area contributed by atoms with E-state index in [1.165, 1.54) is 6.07 Å². The summed E-state index contributed by atoms with van der Waals surface area (Å²) in [6, 6.07) is 1.48. The molecule has 1 fully saturated rings. The van der Waals surface area contributed by atoms with Gasteiger partial charge in [0.05, 0.1) is 11.4 Å². The Labute approximate surface area is 198 Å². The van der Waals surface area contributed by atoms with Crippen LogP contribution in [-0.4, -0.2) is 56.1 Å². The van der Waals surface area contributed by atoms with Crippen LogP contribution in [0.5, 0.6) is 0 Å². The van der Waals surface area contributed by atoms with Gasteiger partial charge >= 0.3 is 6.09 Å². The molecule has 0 spiro atoms. The van der Waals surface area contributed by atoms with Gasteiger partial charge in [0.15, 0.2) is 0 Å². The number of carbonyl (C=O) groups excluding carboxylic acids is 3. The number of likely N-dealkylation sites (tertiary alicyclic amines) is 1. The molecule has 0 saturated carbocycles. The number of hydrogen-bond acceptors (Lipinski definition) is 6. The van der Waals surface area contributed by atoms with Gasteiger partial charge in [0.25, 0.3) is 11.5 Å². The fraction of sp³-hybridized carbons (Fsp3) is 0.609. The Morgan fingerprint density at radius 2 is 1.71 bits per heavy atom. The van der Waals surface area contributed by atoms with Crippen LogP contribution in [0.3, 0.4) is 0 Å². The molecule has 2 aromatic heterocycles. The quantitative estimate of drug-likeness (QED) is 0.571. The van der Waals surface area contributed by atoms with E-state index in [0.717, 1.165) is 0 Å². The van der Waals surface area contributed by atoms with E-state index in [0.29, 0.717) is 37.3 Å². The van der Waals surface area contributed by atoms with E-state index in [4.69, 9.17) is 4.74 Å². The summed E-state index contributed by atoms with van der Waals surface area (Å²) < 4.78 is 7.03. The Bertz CT molecular complexity index is 1160. The van der Waals surface area contributed by atoms with E-state index >= 15 is 0 Å². The number of rotatable bonds is 2. The number of hydrazine groups is 1. The number of hydrogen-bond donors (Lipinski definition) is 3. The number of nitrogens with zero attached hydrogens (tertiary/aromatic N) is 3. The second-order valence-electron chi connectivity index (χ2n) is 10.7. The SMILES string of the molecule is Cc1nn2c(C3CCN(C(=O)OC(C)(C)C)CC3)cc(=O)[nH]c2c1C(=O)NNC(=O)C(C)(C)C. The minimum absolute atomic E-state index is 0.0284. The molecule has 1 saturated heterocycles. The number of aromatic nitrogens is 3. The van der Waals surface area contributed by atoms with Gasteiger partial charge in [-0.25, -0.2) is 9.31 Å². The number of nitrogens with one attached hydrogen (secondary N) is 3. The van der Waals surface area contributed by atoms with Crippen molar-refractivity contribution in [1.82, 2.24) is 30.3 Å². The zero-order valence-corrected chi connectivity index (χ0v) is 20.9. The van der Waals surface area contributed by atoms with E-state index in [-0.39, 0.29) is 34.7 Å². The lowest BCUT2D eigenvalue weighted by Gasteiger charge is -2.33. The van der Waals surface area contributed by atoms with Gasteiger partial charge in [-0.05, 0) is 40.5 Å². The van der Waals surface area contributed by atoms with Crippen LogP contribution in [0.25, 0.3) is 5.65 Å². The fourth-order valence-corrected chi connectivity index (χ4v) is 3.79. The molecule has 1 aliphatic rings. The molecule has 34 heavy (non-hydrogen) atoms. The Hall–Kier alpha value is -3.37. The second-order valence-corrected chi connectivity index (χ2v) is 10.7. The maximum absolute atomic E-state index is 12.8. The fourth-order valence-electron chi connectivity index (χ4n) is 3.79. The van der Waals surface area contributed by atoms with Crippen LogP contribution in [0, 0.1) is 12.3 Å². The van der Waals surface area contributed by atoms with Gasteiger partial charge in [0, 0.05) is 30.5 Å². The van der Waals surface area contributed by atoms with Gasteiger partial charge in [-0.3, -0.25) is 25.2 Å². The van der Waals surface area contributed by atoms with Crippen LogP contribution in [0.15, 0.2) is 10.9 Å². The van der Waals surface area contributed by atoms with Crippen LogP contribution in [0.4, 0.5) is 4.79 Å². The number of ether oxygens (including phenoxy) is 1. The molecule has 11 nitrogen and oxygen atoms in total. The molecular weight excluding hydrogens is 440 g/mol. The van der Waals surface area contributed by atoms with Crippen LogP contribution < -0.4 is 16.4 Å². The smallest absolute Gasteiger partial charge is 0.410 e. The number of H-pyrrole nitrogens is 1. The minimum Gasteiger partial charge on any atom is -0.444 e. The summed E-state index contributed by atoms with van der Waals surface area (Å²) in [6.45, 7) is 13.3. The molecule has 0 aromatic carbocycles. The van der Waals surface area contributed by atoms with Gasteiger partial charge in [0.1, 0.15) is 16.8 Å². The molecule has 0 aliphatic carbocycles. The molecule has 1 aliphatic heterocycles. The molecule has 0 radical (unpaired) electrons. The molecule has 2 aromatic rings. The van der Waals surface area contributed by atoms with Crippen molar-refractivity contribution in [3.8, 4) is 0 Å². The van der Waals surface area contributed by atoms with E-state index in [9.17, 15) is 19.2 Å². The predicted octanol–water partition coefficient (Wildman–Crippen LogP) is 2.25. The van der Waals surface area contributed by atoms with Gasteiger partial charge in [-0.1, -0.05) is 20.8 Å². The van der Waals surface area contributed by atoms with Crippen molar-refractivity contribution in [2.75, 3.05) is 13.1 Å². The molecule has 0 atom stereocenters. The largest absolute Gasteiger partial charge is 0.444 e. The van der Waals surface area contributed by atoms with Crippen molar-refractivity contribution in [2.24, 2.45) is 5.41 Å². The third-order valence-electron chi connectivity index (χ3n) is 5.59. The highest BCUT2D eigenvalue weighted by Gasteiger charge is 2.30. The van der Waals surface area contributed by atoms with Crippen LogP contribution in [0.2, 0.25) is 0 Å². The highest BCUT2D eigenvalue weighted by atomic mass is 16.6. The number of piperidine rings is 1. The Kier molecular flexibility index (Phi) is 6.77. The molecule has 11 heteroatoms. The summed E-state index contributed by atoms with van der Waals surface area (Å²) in [5, 5.41) is 4.50. The number of fused-ring (bicyclic) bond motifs is 1. The zero-order valence-electron chi connectivity index (χ0n) is 20.9. The lowest BCUT2D eigenvalue weighted by molar-refractivity contribution is -0.129. The third-order valence-corrected chi connectivity index (χ3v) is 5.59. The van der Waals surface area contributed by atoms with E-state index in [1.807, 2.05) is 20.8 Å². The Balaban J connectivity index is 1.82. The summed E-state index contributed by atoms with van der Waals surface area (Å²) >= 11 is 0. The highest BCUT2D eigenvalue weighted by Crippen LogP contribution is 2.29. The average molecular weight is 475 g/mol. The van der Waals surface area contributed by atoms with E-state index in [1.54, 1.807) is 37.1 Å². The standard InChI is InChI=1S/C23H34N6O5/c1-13-17(19(31)25-26-20(32)22(2,3)4)18-24-16(30)12-15(29(18)27-13)14-8-10-28(11-9-14)21(33)34-23(5,6)7/h12,14H,8-11H2,1-7H3,(H,24,30)(H,25,31)(H,26,32). The van der Waals surface area contributed by atoms with E-state index < -0.39 is 16.9 Å². The topological polar surface area (TPSA) is 138 Å². The summed E-state index contributed by atoms with van der Waals surface area (Å²) in [5.41, 5.74) is 4.74. The third kappa shape index (κ3) is 5.57. The molecule has 3 heterocycles. The second kappa shape index (κ2) is 9.11. The maximum Gasteiger partial charge on any atom is 0.410 e. The molecule has 0 unspecified atom stereocenters. The molecule has 0 bridgehead atoms. The van der Waals surface area contributed by atoms with Gasteiger partial charge in [-0.15, -0.1) is 0 Å². The van der Waals surface area contributed by atoms with Gasteiger partial charge in [0.2, 0.25) is 5.91 Å². The Morgan fingerprint density at radius 3 is 2.26 bits per heavy atom. The number of aryl methyl sites for hydroxylation is 1. The summed E-state index contributed by atoms with van der Waals surface area (Å²) in [7, 11) is 0. The van der Waals surface area contributed by atoms with Crippen molar-refractivity contribution in [3.05, 3.63) is 33.4 Å². The van der Waals surface area contributed by atoms with Gasteiger partial charge in [-0.2, -0.15) is 5.10 Å². The monoisotopic (exact) mass is 474 g/mol. The van der Waals surface area contributed by atoms with Crippen LogP contribution >= 0.6 is 0 Å². The highest BCUT2D eigenvalue weighted by molar-refractivity contribution is 6.01. The summed E-state index contributed by atoms with van der Waals surface area (Å²) in [6.07, 6.45) is 0.896. The normalized spacial score (nSPS) is 15.3. The number of aromatic amines is 1. The first-order valence-corrected chi connectivity index (χ1v) is 11.4. The molecule has 3 rings (SSSR count). The van der Waals surface area contributed by atoms with Crippen molar-refractivity contribution in [2.45, 2.75) is 72.8 Å². The van der Waals surface area contributed by atoms with Crippen LogP contribution in [-0.2, 0) is 9.53 Å². The van der Waals surface area contributed by atoms with Crippen molar-refractivity contribution in [3.63, 3.8) is 0 Å². The van der Waals surface area contributed by atoms with Crippen LogP contribution in [0.1, 0.15) is 82.0 Å². The Morgan fingerprint density at radius 1 is 1.09 bits per heavy atom. The average Bonchev–Trinajstić information content (AvgIpc) is 3.04. The van der Waals surface area contributed by atoms with Crippen molar-refractivity contribution in [1.29, 1.82) is 0 Å². The summed E-state index contributed by atoms with van der Waals surface area (Å²) in [5.74, 6) is -0.946. The number of carbonyl (C=O) groups is 3. The van der Waals surface area contributed by atoms with Gasteiger partial charge < -0.3 is 14.6 Å². The minimum atomic E-state index is -0.681. The predicted molar refractivity (Wildman–Crippen MR) is 125 cm³/mol. The van der Waals surface area contributed by atoms with Crippen molar-refractivity contribution < 1.29 is 19.1 Å². The zero-order chi connectivity index (χ0) is 25.4. The van der Waals surface area contributed by atoms with Crippen molar-refractivity contribution >= 4 is 23.6 Å². The lowest BCUT2D eigenvalue weighted by Crippen LogP contribution is -2.46. The van der Waals surface area contributed by atoms with E-state index in [2.05, 4.69) is 20.9 Å². The summed E-state index contributed by atoms with van der Waals surface area (Å²) in [4.78, 5) is 54.2.